The van der Waals surface area contributed by atoms with Crippen molar-refractivity contribution in [2.24, 2.45) is 0 Å². The summed E-state index contributed by atoms with van der Waals surface area (Å²) in [6.07, 6.45) is 5.19. The Morgan fingerprint density at radius 1 is 1.58 bits per heavy atom. The van der Waals surface area contributed by atoms with E-state index in [-0.39, 0.29) is 5.38 Å². The maximum absolute atomic E-state index is 10.1. The summed E-state index contributed by atoms with van der Waals surface area (Å²) in [6.45, 7) is 3.95. The zero-order valence-electron chi connectivity index (χ0n) is 7.25. The minimum atomic E-state index is -0.960. The molecule has 0 saturated heterocycles. The minimum Gasteiger partial charge on any atom is -0.478 e. The van der Waals surface area contributed by atoms with Gasteiger partial charge >= 0.3 is 5.97 Å². The van der Waals surface area contributed by atoms with Crippen LogP contribution in [0.3, 0.4) is 0 Å². The lowest BCUT2D eigenvalue weighted by atomic mass is 10.2. The van der Waals surface area contributed by atoms with Crippen molar-refractivity contribution >= 4 is 17.6 Å². The van der Waals surface area contributed by atoms with Crippen molar-refractivity contribution in [2.45, 2.75) is 25.6 Å². The Kier molecular flexibility index (Phi) is 5.47. The highest BCUT2D eigenvalue weighted by molar-refractivity contribution is 6.22. The number of allylic oxidation sites excluding steroid dienone is 3. The quantitative estimate of drug-likeness (QED) is 0.418. The maximum atomic E-state index is 10.1. The van der Waals surface area contributed by atoms with Gasteiger partial charge in [0.1, 0.15) is 0 Å². The topological polar surface area (TPSA) is 37.3 Å². The molecule has 0 bridgehead atoms. The molecule has 0 aliphatic heterocycles. The molecule has 2 nitrogen and oxygen atoms in total. The molecule has 1 N–H and O–H groups in total. The highest BCUT2D eigenvalue weighted by Gasteiger charge is 1.97. The normalized spacial score (nSPS) is 12.9. The van der Waals surface area contributed by atoms with Crippen LogP contribution in [0.4, 0.5) is 0 Å². The second-order valence-corrected chi connectivity index (χ2v) is 3.29. The third-order valence-corrected chi connectivity index (χ3v) is 1.52. The summed E-state index contributed by atoms with van der Waals surface area (Å²) in [6, 6.07) is 0. The van der Waals surface area contributed by atoms with E-state index < -0.39 is 5.97 Å². The van der Waals surface area contributed by atoms with E-state index in [0.717, 1.165) is 6.08 Å². The standard InChI is InChI=1S/C9H13ClO2/c1-7(2)3-4-8(10)5-6-9(11)12/h3,5-6,8H,4H2,1-2H3,(H,11,12). The van der Waals surface area contributed by atoms with Crippen molar-refractivity contribution in [3.8, 4) is 0 Å². The predicted molar refractivity (Wildman–Crippen MR) is 50.5 cm³/mol. The number of aliphatic carboxylic acids is 1. The molecule has 0 fully saturated rings. The Hall–Kier alpha value is -0.760. The predicted octanol–water partition coefficient (Wildman–Crippen LogP) is 2.59. The lowest BCUT2D eigenvalue weighted by molar-refractivity contribution is -0.131. The van der Waals surface area contributed by atoms with Crippen LogP contribution in [0.2, 0.25) is 0 Å². The van der Waals surface area contributed by atoms with E-state index >= 15 is 0 Å². The summed E-state index contributed by atoms with van der Waals surface area (Å²) < 4.78 is 0. The van der Waals surface area contributed by atoms with Crippen molar-refractivity contribution in [1.82, 2.24) is 0 Å². The Morgan fingerprint density at radius 3 is 2.58 bits per heavy atom. The second-order valence-electron chi connectivity index (χ2n) is 2.73. The van der Waals surface area contributed by atoms with E-state index in [1.54, 1.807) is 0 Å². The summed E-state index contributed by atoms with van der Waals surface area (Å²) >= 11 is 5.77. The summed E-state index contributed by atoms with van der Waals surface area (Å²) in [5.41, 5.74) is 1.18. The molecule has 68 valence electrons. The van der Waals surface area contributed by atoms with E-state index in [2.05, 4.69) is 0 Å². The first-order valence-corrected chi connectivity index (χ1v) is 4.14. The van der Waals surface area contributed by atoms with Crippen molar-refractivity contribution < 1.29 is 9.90 Å². The van der Waals surface area contributed by atoms with Crippen LogP contribution in [-0.2, 0) is 4.79 Å². The number of halogens is 1. The van der Waals surface area contributed by atoms with E-state index in [1.165, 1.54) is 11.6 Å². The van der Waals surface area contributed by atoms with Crippen LogP contribution in [0.5, 0.6) is 0 Å². The third-order valence-electron chi connectivity index (χ3n) is 1.20. The van der Waals surface area contributed by atoms with Gasteiger partial charge in [0.25, 0.3) is 0 Å². The van der Waals surface area contributed by atoms with Gasteiger partial charge in [0, 0.05) is 6.08 Å². The number of carboxylic acid groups (broad SMARTS) is 1. The maximum Gasteiger partial charge on any atom is 0.328 e. The number of hydrogen-bond donors (Lipinski definition) is 1. The first-order chi connectivity index (χ1) is 5.52. The van der Waals surface area contributed by atoms with Gasteiger partial charge in [-0.2, -0.15) is 0 Å². The lowest BCUT2D eigenvalue weighted by Gasteiger charge is -1.97. The summed E-state index contributed by atoms with van der Waals surface area (Å²) in [7, 11) is 0. The average molecular weight is 189 g/mol. The molecule has 0 rings (SSSR count). The van der Waals surface area contributed by atoms with Crippen LogP contribution < -0.4 is 0 Å². The van der Waals surface area contributed by atoms with Crippen molar-refractivity contribution in [3.63, 3.8) is 0 Å². The van der Waals surface area contributed by atoms with Gasteiger partial charge in [0.05, 0.1) is 5.38 Å². The number of rotatable bonds is 4. The van der Waals surface area contributed by atoms with Crippen LogP contribution in [0.15, 0.2) is 23.8 Å². The van der Waals surface area contributed by atoms with Gasteiger partial charge in [-0.05, 0) is 20.3 Å². The molecule has 0 radical (unpaired) electrons. The minimum absolute atomic E-state index is 0.226. The molecule has 0 aliphatic rings. The summed E-state index contributed by atoms with van der Waals surface area (Å²) in [5.74, 6) is -0.960. The molecular formula is C9H13ClO2. The van der Waals surface area contributed by atoms with Gasteiger partial charge in [-0.1, -0.05) is 17.7 Å². The zero-order valence-corrected chi connectivity index (χ0v) is 8.01. The van der Waals surface area contributed by atoms with Crippen molar-refractivity contribution in [3.05, 3.63) is 23.8 Å². The first kappa shape index (κ1) is 11.2. The van der Waals surface area contributed by atoms with Gasteiger partial charge in [-0.25, -0.2) is 4.79 Å². The van der Waals surface area contributed by atoms with E-state index in [1.807, 2.05) is 19.9 Å². The molecule has 0 aromatic carbocycles. The van der Waals surface area contributed by atoms with Crippen molar-refractivity contribution in [2.75, 3.05) is 0 Å². The van der Waals surface area contributed by atoms with Gasteiger partial charge < -0.3 is 5.11 Å². The molecule has 0 aliphatic carbocycles. The van der Waals surface area contributed by atoms with Crippen LogP contribution >= 0.6 is 11.6 Å². The molecule has 0 aromatic rings. The Labute approximate surface area is 77.5 Å². The molecule has 0 aromatic heterocycles. The summed E-state index contributed by atoms with van der Waals surface area (Å²) in [4.78, 5) is 10.1. The highest BCUT2D eigenvalue weighted by Crippen LogP contribution is 2.06. The van der Waals surface area contributed by atoms with Crippen molar-refractivity contribution in [1.29, 1.82) is 0 Å². The molecule has 1 unspecified atom stereocenters. The molecule has 0 amide bonds. The van der Waals surface area contributed by atoms with Gasteiger partial charge in [-0.3, -0.25) is 0 Å². The van der Waals surface area contributed by atoms with Crippen LogP contribution in [0.1, 0.15) is 20.3 Å². The van der Waals surface area contributed by atoms with Crippen LogP contribution in [-0.4, -0.2) is 16.5 Å². The summed E-state index contributed by atoms with van der Waals surface area (Å²) in [5, 5.41) is 8.05. The fraction of sp³-hybridized carbons (Fsp3) is 0.444. The molecule has 12 heavy (non-hydrogen) atoms. The largest absolute Gasteiger partial charge is 0.478 e. The van der Waals surface area contributed by atoms with Crippen LogP contribution in [0.25, 0.3) is 0 Å². The SMILES string of the molecule is CC(C)=CCC(Cl)C=CC(=O)O. The number of hydrogen-bond acceptors (Lipinski definition) is 1. The number of alkyl halides is 1. The fourth-order valence-electron chi connectivity index (χ4n) is 0.614. The smallest absolute Gasteiger partial charge is 0.328 e. The third kappa shape index (κ3) is 7.35. The van der Waals surface area contributed by atoms with Crippen LogP contribution in [0, 0.1) is 0 Å². The number of carboxylic acids is 1. The monoisotopic (exact) mass is 188 g/mol. The lowest BCUT2D eigenvalue weighted by Crippen LogP contribution is -1.94. The van der Waals surface area contributed by atoms with E-state index in [9.17, 15) is 4.79 Å². The van der Waals surface area contributed by atoms with Gasteiger partial charge in [-0.15, -0.1) is 11.6 Å². The number of carbonyl (C=O) groups is 1. The van der Waals surface area contributed by atoms with E-state index in [0.29, 0.717) is 6.42 Å². The molecule has 0 saturated carbocycles. The highest BCUT2D eigenvalue weighted by atomic mass is 35.5. The Bertz CT molecular complexity index is 203. The Morgan fingerprint density at radius 2 is 2.17 bits per heavy atom. The van der Waals surface area contributed by atoms with E-state index in [4.69, 9.17) is 16.7 Å². The molecule has 0 spiro atoms. The van der Waals surface area contributed by atoms with Gasteiger partial charge in [0.2, 0.25) is 0 Å². The Balaban J connectivity index is 3.82. The molecule has 1 atom stereocenters. The second kappa shape index (κ2) is 5.84. The molecule has 3 heteroatoms. The fourth-order valence-corrected chi connectivity index (χ4v) is 0.775. The zero-order chi connectivity index (χ0) is 9.56. The average Bonchev–Trinajstić information content (AvgIpc) is 1.96. The first-order valence-electron chi connectivity index (χ1n) is 3.71. The molecular weight excluding hydrogens is 176 g/mol. The molecule has 0 heterocycles. The van der Waals surface area contributed by atoms with Gasteiger partial charge in [0.15, 0.2) is 0 Å².